The molecule has 2 heterocycles. The van der Waals surface area contributed by atoms with E-state index in [1.165, 1.54) is 33.0 Å². The predicted octanol–water partition coefficient (Wildman–Crippen LogP) is 4.34. The molecule has 40 heavy (non-hydrogen) atoms. The summed E-state index contributed by atoms with van der Waals surface area (Å²) < 4.78 is 35.0. The number of fused-ring (bicyclic) bond motifs is 1. The van der Waals surface area contributed by atoms with Crippen molar-refractivity contribution in [3.8, 4) is 0 Å². The molecular formula is C27H33N5O5S3. The number of alkyl carbamates (subject to hydrolysis) is 1. The standard InChI is InChI=1S/C27H33N5O5S3/c1-18(2)14-32(40(35,36)21-9-10-22-25(12-21)39-26(28-3)30-22)15-24(33)23(11-19-7-5-4-6-8-19)31-27(34)37-16-20-13-29-17-38-20/h4-10,12-13,17-18,23-24,33H,11,14-16H2,1-3H3,(H,28,30)(H,31,34). The lowest BCUT2D eigenvalue weighted by atomic mass is 10.0. The van der Waals surface area contributed by atoms with Gasteiger partial charge in [0, 0.05) is 26.3 Å². The minimum Gasteiger partial charge on any atom is -0.444 e. The van der Waals surface area contributed by atoms with E-state index in [1.54, 1.807) is 30.9 Å². The number of ether oxygens (including phenoxy) is 1. The predicted molar refractivity (Wildman–Crippen MR) is 158 cm³/mol. The van der Waals surface area contributed by atoms with Gasteiger partial charge >= 0.3 is 6.09 Å². The number of thiazole rings is 2. The third-order valence-corrected chi connectivity index (χ3v) is 9.68. The van der Waals surface area contributed by atoms with E-state index in [0.29, 0.717) is 10.6 Å². The second-order valence-corrected chi connectivity index (χ2v) is 13.6. The summed E-state index contributed by atoms with van der Waals surface area (Å²) in [7, 11) is -2.21. The van der Waals surface area contributed by atoms with Crippen molar-refractivity contribution in [2.24, 2.45) is 5.92 Å². The fraction of sp³-hybridized carbons (Fsp3) is 0.370. The van der Waals surface area contributed by atoms with Crippen LogP contribution in [-0.4, -0.2) is 66.2 Å². The molecule has 4 aromatic rings. The van der Waals surface area contributed by atoms with Crippen LogP contribution in [0.4, 0.5) is 9.93 Å². The summed E-state index contributed by atoms with van der Waals surface area (Å²) in [5.74, 6) is -0.00472. The summed E-state index contributed by atoms with van der Waals surface area (Å²) in [4.78, 5) is 22.0. The maximum atomic E-state index is 13.8. The van der Waals surface area contributed by atoms with Crippen molar-refractivity contribution >= 4 is 54.1 Å². The number of carbonyl (C=O) groups excluding carboxylic acids is 1. The lowest BCUT2D eigenvalue weighted by molar-refractivity contribution is 0.0876. The third-order valence-electron chi connectivity index (χ3n) is 6.07. The molecular weight excluding hydrogens is 571 g/mol. The van der Waals surface area contributed by atoms with E-state index in [2.05, 4.69) is 20.6 Å². The quantitative estimate of drug-likeness (QED) is 0.206. The van der Waals surface area contributed by atoms with Crippen LogP contribution in [-0.2, 0) is 27.8 Å². The van der Waals surface area contributed by atoms with Crippen LogP contribution in [0.3, 0.4) is 0 Å². The van der Waals surface area contributed by atoms with Gasteiger partial charge in [-0.25, -0.2) is 18.2 Å². The van der Waals surface area contributed by atoms with E-state index in [4.69, 9.17) is 4.74 Å². The molecule has 0 aliphatic rings. The van der Waals surface area contributed by atoms with E-state index >= 15 is 0 Å². The molecule has 1 amide bonds. The van der Waals surface area contributed by atoms with Crippen LogP contribution in [0.15, 0.2) is 65.1 Å². The van der Waals surface area contributed by atoms with Crippen LogP contribution in [0, 0.1) is 5.92 Å². The first-order chi connectivity index (χ1) is 19.2. The molecule has 10 nitrogen and oxygen atoms in total. The van der Waals surface area contributed by atoms with Crippen LogP contribution < -0.4 is 10.6 Å². The minimum atomic E-state index is -3.97. The smallest absolute Gasteiger partial charge is 0.407 e. The molecule has 4 rings (SSSR count). The van der Waals surface area contributed by atoms with E-state index in [-0.39, 0.29) is 36.9 Å². The number of benzene rings is 2. The number of carbonyl (C=O) groups is 1. The Hall–Kier alpha value is -3.10. The number of sulfonamides is 1. The molecule has 214 valence electrons. The van der Waals surface area contributed by atoms with Gasteiger partial charge in [0.25, 0.3) is 0 Å². The van der Waals surface area contributed by atoms with Crippen molar-refractivity contribution in [1.82, 2.24) is 19.6 Å². The molecule has 2 atom stereocenters. The zero-order valence-corrected chi connectivity index (χ0v) is 24.9. The Balaban J connectivity index is 1.55. The van der Waals surface area contributed by atoms with Crippen molar-refractivity contribution in [2.45, 2.75) is 43.9 Å². The Bertz CT molecular complexity index is 1490. The number of rotatable bonds is 13. The van der Waals surface area contributed by atoms with Gasteiger partial charge in [-0.05, 0) is 36.1 Å². The highest BCUT2D eigenvalue weighted by Gasteiger charge is 2.32. The van der Waals surface area contributed by atoms with Gasteiger partial charge in [-0.15, -0.1) is 11.3 Å². The van der Waals surface area contributed by atoms with Gasteiger partial charge < -0.3 is 20.5 Å². The Morgan fingerprint density at radius 3 is 2.60 bits per heavy atom. The third kappa shape index (κ3) is 7.76. The van der Waals surface area contributed by atoms with Crippen LogP contribution in [0.1, 0.15) is 24.3 Å². The van der Waals surface area contributed by atoms with Crippen LogP contribution in [0.5, 0.6) is 0 Å². The molecule has 2 unspecified atom stereocenters. The van der Waals surface area contributed by atoms with Crippen molar-refractivity contribution in [2.75, 3.05) is 25.5 Å². The average molecular weight is 604 g/mol. The van der Waals surface area contributed by atoms with Gasteiger partial charge in [0.05, 0.1) is 37.6 Å². The van der Waals surface area contributed by atoms with Crippen molar-refractivity contribution in [3.63, 3.8) is 0 Å². The Morgan fingerprint density at radius 2 is 1.93 bits per heavy atom. The lowest BCUT2D eigenvalue weighted by Crippen LogP contribution is -2.51. The molecule has 0 aliphatic carbocycles. The molecule has 0 spiro atoms. The summed E-state index contributed by atoms with van der Waals surface area (Å²) in [5, 5.41) is 17.8. The number of hydrogen-bond donors (Lipinski definition) is 3. The van der Waals surface area contributed by atoms with E-state index < -0.39 is 28.3 Å². The number of nitrogens with one attached hydrogen (secondary N) is 2. The maximum Gasteiger partial charge on any atom is 0.407 e. The normalized spacial score (nSPS) is 13.4. The molecule has 3 N–H and O–H groups in total. The minimum absolute atomic E-state index is 0.00472. The van der Waals surface area contributed by atoms with Gasteiger partial charge in [-0.2, -0.15) is 4.31 Å². The zero-order chi connectivity index (χ0) is 28.7. The number of hydrogen-bond acceptors (Lipinski definition) is 10. The van der Waals surface area contributed by atoms with Crippen molar-refractivity contribution in [1.29, 1.82) is 0 Å². The van der Waals surface area contributed by atoms with E-state index in [1.807, 2.05) is 44.2 Å². The van der Waals surface area contributed by atoms with E-state index in [0.717, 1.165) is 15.1 Å². The molecule has 13 heteroatoms. The number of amides is 1. The maximum absolute atomic E-state index is 13.8. The zero-order valence-electron chi connectivity index (χ0n) is 22.5. The number of aliphatic hydroxyl groups is 1. The van der Waals surface area contributed by atoms with Crippen molar-refractivity contribution < 1.29 is 23.1 Å². The summed E-state index contributed by atoms with van der Waals surface area (Å²) in [6.07, 6.45) is -0.0193. The summed E-state index contributed by atoms with van der Waals surface area (Å²) >= 11 is 2.73. The SMILES string of the molecule is CNc1nc2ccc(S(=O)(=O)N(CC(C)C)CC(O)C(Cc3ccccc3)NC(=O)OCc3cncs3)cc2s1. The summed E-state index contributed by atoms with van der Waals surface area (Å²) in [5.41, 5.74) is 3.23. The molecule has 0 bridgehead atoms. The first-order valence-electron chi connectivity index (χ1n) is 12.8. The highest BCUT2D eigenvalue weighted by molar-refractivity contribution is 7.89. The van der Waals surface area contributed by atoms with Gasteiger partial charge in [-0.1, -0.05) is 55.5 Å². The monoisotopic (exact) mass is 603 g/mol. The van der Waals surface area contributed by atoms with Gasteiger partial charge in [0.1, 0.15) is 6.61 Å². The van der Waals surface area contributed by atoms with Gasteiger partial charge in [-0.3, -0.25) is 4.98 Å². The van der Waals surface area contributed by atoms with Gasteiger partial charge in [0.15, 0.2) is 5.13 Å². The Kier molecular flexibility index (Phi) is 10.1. The molecule has 0 aliphatic heterocycles. The number of nitrogens with zero attached hydrogens (tertiary/aromatic N) is 3. The van der Waals surface area contributed by atoms with Crippen LogP contribution in [0.2, 0.25) is 0 Å². The Labute approximate surface area is 242 Å². The number of aliphatic hydroxyl groups excluding tert-OH is 1. The van der Waals surface area contributed by atoms with E-state index in [9.17, 15) is 18.3 Å². The molecule has 0 fully saturated rings. The summed E-state index contributed by atoms with van der Waals surface area (Å²) in [6, 6.07) is 13.4. The fourth-order valence-corrected chi connectivity index (χ4v) is 7.22. The highest BCUT2D eigenvalue weighted by Crippen LogP contribution is 2.29. The fourth-order valence-electron chi connectivity index (χ4n) is 4.13. The highest BCUT2D eigenvalue weighted by atomic mass is 32.2. The molecule has 0 saturated heterocycles. The average Bonchev–Trinajstić information content (AvgIpc) is 3.60. The first kappa shape index (κ1) is 29.9. The second kappa shape index (κ2) is 13.5. The van der Waals surface area contributed by atoms with Crippen LogP contribution in [0.25, 0.3) is 10.2 Å². The first-order valence-corrected chi connectivity index (χ1v) is 15.9. The van der Waals surface area contributed by atoms with Gasteiger partial charge in [0.2, 0.25) is 10.0 Å². The summed E-state index contributed by atoms with van der Waals surface area (Å²) in [6.45, 7) is 3.85. The lowest BCUT2D eigenvalue weighted by Gasteiger charge is -2.30. The molecule has 0 saturated carbocycles. The molecule has 2 aromatic heterocycles. The molecule has 2 aromatic carbocycles. The number of anilines is 1. The van der Waals surface area contributed by atoms with Crippen molar-refractivity contribution in [3.05, 3.63) is 70.7 Å². The Morgan fingerprint density at radius 1 is 1.15 bits per heavy atom. The topological polar surface area (TPSA) is 134 Å². The molecule has 0 radical (unpaired) electrons. The largest absolute Gasteiger partial charge is 0.444 e. The van der Waals surface area contributed by atoms with Crippen LogP contribution >= 0.6 is 22.7 Å². The second-order valence-electron chi connectivity index (χ2n) is 9.67. The number of aromatic nitrogens is 2.